The Kier molecular flexibility index (Phi) is 7.04. The van der Waals surface area contributed by atoms with Gasteiger partial charge in [0.1, 0.15) is 18.1 Å². The molecule has 2 aromatic heterocycles. The first kappa shape index (κ1) is 23.9. The Balaban J connectivity index is 1.99. The molecule has 1 atom stereocenters. The van der Waals surface area contributed by atoms with E-state index in [9.17, 15) is 23.1 Å². The number of benzene rings is 1. The number of hydrogen-bond donors (Lipinski definition) is 2. The Morgan fingerprint density at radius 2 is 2.00 bits per heavy atom. The zero-order valence-electron chi connectivity index (χ0n) is 18.0. The van der Waals surface area contributed by atoms with Gasteiger partial charge in [0.2, 0.25) is 0 Å². The summed E-state index contributed by atoms with van der Waals surface area (Å²) in [6.07, 6.45) is -1.15. The van der Waals surface area contributed by atoms with E-state index in [-0.39, 0.29) is 17.9 Å². The number of aromatic nitrogens is 2. The van der Waals surface area contributed by atoms with E-state index in [0.717, 1.165) is 41.6 Å². The number of carbonyl (C=O) groups is 1. The van der Waals surface area contributed by atoms with Crippen LogP contribution < -0.4 is 10.1 Å². The summed E-state index contributed by atoms with van der Waals surface area (Å²) >= 11 is 0. The molecule has 0 spiro atoms. The Hall–Kier alpha value is -2.72. The second-order valence-electron chi connectivity index (χ2n) is 7.96. The number of aliphatic hydroxyl groups is 1. The molecular formula is C22H25F3N3O3S+. The van der Waals surface area contributed by atoms with Gasteiger partial charge >= 0.3 is 11.3 Å². The molecule has 3 aromatic rings. The van der Waals surface area contributed by atoms with Crippen molar-refractivity contribution in [2.24, 2.45) is 0 Å². The second-order valence-corrected chi connectivity index (χ2v) is 9.92. The molecule has 0 saturated heterocycles. The molecule has 2 heterocycles. The number of alkyl halides is 3. The zero-order valence-corrected chi connectivity index (χ0v) is 18.8. The summed E-state index contributed by atoms with van der Waals surface area (Å²) in [6, 6.07) is 6.21. The van der Waals surface area contributed by atoms with E-state index in [0.29, 0.717) is 10.6 Å². The smallest absolute Gasteiger partial charge is 0.416 e. The highest BCUT2D eigenvalue weighted by atomic mass is 32.2. The largest absolute Gasteiger partial charge is 0.490 e. The zero-order chi connectivity index (χ0) is 23.5. The number of nitrogens with one attached hydrogen (secondary N) is 1. The highest BCUT2D eigenvalue weighted by Crippen LogP contribution is 2.39. The number of nitrogens with zero attached hydrogens (tertiary/aromatic N) is 2. The van der Waals surface area contributed by atoms with Crippen molar-refractivity contribution in [3.8, 4) is 5.75 Å². The van der Waals surface area contributed by atoms with Gasteiger partial charge in [0.25, 0.3) is 10.7 Å². The van der Waals surface area contributed by atoms with Gasteiger partial charge in [0.15, 0.2) is 5.52 Å². The highest BCUT2D eigenvalue weighted by Gasteiger charge is 2.33. The van der Waals surface area contributed by atoms with Gasteiger partial charge in [-0.2, -0.15) is 18.2 Å². The molecule has 10 heteroatoms. The average molecular weight is 469 g/mol. The summed E-state index contributed by atoms with van der Waals surface area (Å²) in [5.41, 5.74) is -1.84. The lowest BCUT2D eigenvalue weighted by molar-refractivity contribution is -0.137. The molecule has 2 N–H and O–H groups in total. The van der Waals surface area contributed by atoms with Crippen molar-refractivity contribution in [3.05, 3.63) is 47.7 Å². The first-order valence-electron chi connectivity index (χ1n) is 10.1. The van der Waals surface area contributed by atoms with Crippen LogP contribution in [0, 0.1) is 0 Å². The molecule has 172 valence electrons. The third-order valence-corrected chi connectivity index (χ3v) is 6.63. The van der Waals surface area contributed by atoms with E-state index in [2.05, 4.69) is 15.3 Å². The number of anilines is 1. The van der Waals surface area contributed by atoms with Crippen LogP contribution in [0.3, 0.4) is 0 Å². The van der Waals surface area contributed by atoms with E-state index in [1.807, 2.05) is 6.92 Å². The molecule has 0 saturated carbocycles. The average Bonchev–Trinajstić information content (AvgIpc) is 3.06. The lowest BCUT2D eigenvalue weighted by Gasteiger charge is -2.20. The second kappa shape index (κ2) is 9.41. The molecule has 0 aliphatic carbocycles. The van der Waals surface area contributed by atoms with Crippen molar-refractivity contribution in [3.63, 3.8) is 0 Å². The number of aryl methyl sites for hydroxylation is 1. The van der Waals surface area contributed by atoms with Crippen LogP contribution in [0.5, 0.6) is 5.75 Å². The maximum Gasteiger partial charge on any atom is 0.416 e. The lowest BCUT2D eigenvalue weighted by Crippen LogP contribution is -2.28. The van der Waals surface area contributed by atoms with Crippen molar-refractivity contribution in [1.82, 2.24) is 9.97 Å². The van der Waals surface area contributed by atoms with Gasteiger partial charge in [-0.05, 0) is 50.6 Å². The summed E-state index contributed by atoms with van der Waals surface area (Å²) in [7, 11) is -0.577. The molecule has 1 aromatic carbocycles. The predicted molar refractivity (Wildman–Crippen MR) is 118 cm³/mol. The van der Waals surface area contributed by atoms with Crippen LogP contribution in [0.25, 0.3) is 10.3 Å². The van der Waals surface area contributed by atoms with Gasteiger partial charge in [-0.1, -0.05) is 13.3 Å². The van der Waals surface area contributed by atoms with Crippen molar-refractivity contribution >= 4 is 31.9 Å². The van der Waals surface area contributed by atoms with E-state index < -0.39 is 33.7 Å². The minimum absolute atomic E-state index is 0.0553. The quantitative estimate of drug-likeness (QED) is 0.421. The summed E-state index contributed by atoms with van der Waals surface area (Å²) in [4.78, 5) is 22.7. The highest BCUT2D eigenvalue weighted by molar-refractivity contribution is 7.39. The fourth-order valence-corrected chi connectivity index (χ4v) is 5.04. The summed E-state index contributed by atoms with van der Waals surface area (Å²) in [6.45, 7) is 4.83. The Morgan fingerprint density at radius 1 is 1.25 bits per heavy atom. The third kappa shape index (κ3) is 5.74. The normalized spacial score (nSPS) is 12.8. The molecule has 0 radical (unpaired) electrons. The molecule has 3 rings (SSSR count). The third-order valence-electron chi connectivity index (χ3n) is 4.49. The minimum atomic E-state index is -4.62. The van der Waals surface area contributed by atoms with E-state index in [1.54, 1.807) is 18.3 Å². The summed E-state index contributed by atoms with van der Waals surface area (Å²) < 4.78 is 45.3. The molecule has 0 bridgehead atoms. The Bertz CT molecular complexity index is 1110. The van der Waals surface area contributed by atoms with Gasteiger partial charge in [0, 0.05) is 16.7 Å². The molecular weight excluding hydrogens is 443 g/mol. The van der Waals surface area contributed by atoms with E-state index in [4.69, 9.17) is 4.74 Å². The molecule has 1 unspecified atom stereocenters. The first-order valence-corrected chi connectivity index (χ1v) is 11.5. The number of fused-ring (bicyclic) bond motifs is 1. The maximum atomic E-state index is 13.3. The Morgan fingerprint density at radius 3 is 2.66 bits per heavy atom. The minimum Gasteiger partial charge on any atom is -0.490 e. The fraction of sp³-hybridized carbons (Fsp3) is 0.409. The number of carbonyl (C=O) groups excluding carboxylic acids is 1. The van der Waals surface area contributed by atoms with Gasteiger partial charge in [-0.25, -0.2) is 4.98 Å². The first-order chi connectivity index (χ1) is 15.0. The van der Waals surface area contributed by atoms with Crippen LogP contribution in [-0.2, 0) is 11.9 Å². The number of pyridine rings is 1. The number of rotatable bonds is 8. The molecule has 0 aliphatic heterocycles. The molecule has 32 heavy (non-hydrogen) atoms. The number of ether oxygens (including phenoxy) is 1. The topological polar surface area (TPSA) is 84.3 Å². The summed E-state index contributed by atoms with van der Waals surface area (Å²) in [5, 5.41) is 13.0. The van der Waals surface area contributed by atoms with Crippen LogP contribution in [0.4, 0.5) is 18.3 Å². The van der Waals surface area contributed by atoms with Crippen LogP contribution in [0.15, 0.2) is 36.5 Å². The van der Waals surface area contributed by atoms with Gasteiger partial charge in [-0.15, -0.1) is 0 Å². The fourth-order valence-electron chi connectivity index (χ4n) is 2.91. The van der Waals surface area contributed by atoms with Crippen LogP contribution in [0.1, 0.15) is 49.5 Å². The monoisotopic (exact) mass is 468 g/mol. The molecule has 1 amide bonds. The van der Waals surface area contributed by atoms with Gasteiger partial charge in [-0.3, -0.25) is 10.1 Å². The molecule has 0 aliphatic rings. The standard InChI is InChI=1S/C22H24F3N3O3S/c1-4-5-11-32-19-16(7-6-10-26-19)27-20(32)28-18(29)15-12-14(22(23,24)25)8-9-17(15)31-13-21(2,3)30/h6-10,12,30H,4-5,11,13H2,1-3H3/p+1. The predicted octanol–water partition coefficient (Wildman–Crippen LogP) is 5.60. The van der Waals surface area contributed by atoms with Crippen LogP contribution in [-0.4, -0.2) is 33.2 Å². The number of halogens is 3. The van der Waals surface area contributed by atoms with Gasteiger partial charge in [0.05, 0.1) is 16.7 Å². The van der Waals surface area contributed by atoms with Crippen molar-refractivity contribution in [1.29, 1.82) is 0 Å². The summed E-state index contributed by atoms with van der Waals surface area (Å²) in [5.74, 6) is -0.0905. The number of amides is 1. The number of unbranched alkanes of at least 4 members (excludes halogenated alkanes) is 1. The van der Waals surface area contributed by atoms with Crippen molar-refractivity contribution in [2.45, 2.75) is 51.1 Å². The SMILES string of the molecule is CCCC[s+]1c(NC(=O)c2cc(C(F)(F)F)ccc2OCC(C)(C)O)nc2cccnc21. The van der Waals surface area contributed by atoms with E-state index in [1.165, 1.54) is 13.8 Å². The molecule has 6 nitrogen and oxygen atoms in total. The number of hydrogen-bond acceptors (Lipinski definition) is 5. The van der Waals surface area contributed by atoms with Crippen LogP contribution in [0.2, 0.25) is 0 Å². The van der Waals surface area contributed by atoms with Crippen LogP contribution >= 0.6 is 10.5 Å². The Labute approximate surface area is 186 Å². The van der Waals surface area contributed by atoms with Crippen molar-refractivity contribution < 1.29 is 27.8 Å². The lowest BCUT2D eigenvalue weighted by atomic mass is 10.1. The molecule has 0 fully saturated rings. The van der Waals surface area contributed by atoms with E-state index >= 15 is 0 Å². The maximum absolute atomic E-state index is 13.3. The van der Waals surface area contributed by atoms with Crippen molar-refractivity contribution in [2.75, 3.05) is 11.9 Å². The number of thiazole rings is 1. The van der Waals surface area contributed by atoms with Gasteiger partial charge < -0.3 is 9.84 Å².